The Balaban J connectivity index is 2.06. The lowest BCUT2D eigenvalue weighted by molar-refractivity contribution is -0.131. The van der Waals surface area contributed by atoms with Crippen LogP contribution in [0.4, 0.5) is 20.6 Å². The molecule has 154 valence electrons. The summed E-state index contributed by atoms with van der Waals surface area (Å²) in [5.41, 5.74) is -0.0691. The van der Waals surface area contributed by atoms with Crippen LogP contribution in [-0.4, -0.2) is 41.7 Å². The molecule has 1 N–H and O–H groups in total. The topological polar surface area (TPSA) is 104 Å². The minimum absolute atomic E-state index is 0.273. The van der Waals surface area contributed by atoms with Crippen molar-refractivity contribution in [3.8, 4) is 5.75 Å². The van der Waals surface area contributed by atoms with Gasteiger partial charge in [0.15, 0.2) is 5.60 Å². The van der Waals surface area contributed by atoms with Crippen LogP contribution in [0.15, 0.2) is 42.5 Å². The van der Waals surface area contributed by atoms with Crippen LogP contribution in [0.5, 0.6) is 5.75 Å². The van der Waals surface area contributed by atoms with Crippen molar-refractivity contribution in [3.63, 3.8) is 0 Å². The van der Waals surface area contributed by atoms with Gasteiger partial charge in [-0.05, 0) is 55.8 Å². The zero-order chi connectivity index (χ0) is 21.6. The fourth-order valence-corrected chi connectivity index (χ4v) is 3.63. The average molecular weight is 422 g/mol. The van der Waals surface area contributed by atoms with Gasteiger partial charge in [-0.3, -0.25) is 9.69 Å². The summed E-state index contributed by atoms with van der Waals surface area (Å²) in [6.07, 6.45) is -0.803. The summed E-state index contributed by atoms with van der Waals surface area (Å²) < 4.78 is 42.8. The molecule has 0 fully saturated rings. The third-order valence-electron chi connectivity index (χ3n) is 4.37. The molecule has 8 nitrogen and oxygen atoms in total. The molecule has 0 atom stereocenters. The fraction of sp³-hybridized carbons (Fsp3) is 0.263. The summed E-state index contributed by atoms with van der Waals surface area (Å²) >= 11 is 0. The number of carbonyl (C=O) groups is 2. The van der Waals surface area contributed by atoms with Gasteiger partial charge >= 0.3 is 6.09 Å². The van der Waals surface area contributed by atoms with Crippen LogP contribution in [0.2, 0.25) is 0 Å². The molecule has 3 rings (SSSR count). The molecule has 10 heteroatoms. The van der Waals surface area contributed by atoms with Crippen molar-refractivity contribution in [2.45, 2.75) is 26.0 Å². The zero-order valence-corrected chi connectivity index (χ0v) is 16.7. The van der Waals surface area contributed by atoms with Gasteiger partial charge in [0, 0.05) is 5.69 Å². The lowest BCUT2D eigenvalue weighted by Crippen LogP contribution is -2.50. The second kappa shape index (κ2) is 7.03. The van der Waals surface area contributed by atoms with Crippen molar-refractivity contribution in [2.24, 2.45) is 0 Å². The Bertz CT molecular complexity index is 1080. The molecule has 1 aliphatic heterocycles. The molecule has 0 radical (unpaired) electrons. The zero-order valence-electron chi connectivity index (χ0n) is 15.9. The highest BCUT2D eigenvalue weighted by atomic mass is 32.2. The van der Waals surface area contributed by atoms with E-state index in [9.17, 15) is 27.5 Å². The Morgan fingerprint density at radius 1 is 1.21 bits per heavy atom. The quantitative estimate of drug-likeness (QED) is 0.812. The highest BCUT2D eigenvalue weighted by Crippen LogP contribution is 2.42. The molecule has 0 bridgehead atoms. The van der Waals surface area contributed by atoms with E-state index in [4.69, 9.17) is 4.74 Å². The molecule has 0 spiro atoms. The maximum Gasteiger partial charge on any atom is 0.421 e. The number of ether oxygens (including phenoxy) is 1. The van der Waals surface area contributed by atoms with Gasteiger partial charge in [-0.1, -0.05) is 6.07 Å². The molecule has 1 aliphatic rings. The number of halogens is 1. The highest BCUT2D eigenvalue weighted by molar-refractivity contribution is 7.88. The van der Waals surface area contributed by atoms with E-state index in [1.165, 1.54) is 47.4 Å². The number of hydrogen-bond donors (Lipinski definition) is 1. The molecular weight excluding hydrogens is 403 g/mol. The molecule has 0 saturated carbocycles. The fourth-order valence-electron chi connectivity index (χ4n) is 2.96. The summed E-state index contributed by atoms with van der Waals surface area (Å²) in [4.78, 5) is 25.6. The van der Waals surface area contributed by atoms with E-state index in [0.29, 0.717) is 21.2 Å². The number of amides is 2. The summed E-state index contributed by atoms with van der Waals surface area (Å²) in [6.45, 7) is 2.73. The normalized spacial score (nSPS) is 15.4. The molecule has 0 aliphatic carbocycles. The van der Waals surface area contributed by atoms with Gasteiger partial charge in [-0.2, -0.15) is 0 Å². The summed E-state index contributed by atoms with van der Waals surface area (Å²) in [5, 5.41) is 9.17. The van der Waals surface area contributed by atoms with Crippen molar-refractivity contribution in [2.75, 3.05) is 11.2 Å². The number of sulfonamides is 1. The first-order valence-corrected chi connectivity index (χ1v) is 10.4. The van der Waals surface area contributed by atoms with E-state index in [1.807, 2.05) is 0 Å². The van der Waals surface area contributed by atoms with Crippen molar-refractivity contribution in [3.05, 3.63) is 53.8 Å². The predicted molar refractivity (Wildman–Crippen MR) is 103 cm³/mol. The highest BCUT2D eigenvalue weighted by Gasteiger charge is 2.42. The van der Waals surface area contributed by atoms with E-state index in [1.54, 1.807) is 13.8 Å². The molecule has 2 amide bonds. The number of anilines is 2. The van der Waals surface area contributed by atoms with Crippen LogP contribution in [0.25, 0.3) is 0 Å². The maximum absolute atomic E-state index is 13.3. The van der Waals surface area contributed by atoms with E-state index < -0.39 is 34.1 Å². The molecule has 29 heavy (non-hydrogen) atoms. The molecular formula is C19H19FN2O6S. The SMILES string of the molecule is CC1(C)Oc2cc(CN(C(=O)O)S(C)(=O)=O)ccc2N(c2ccc(F)cc2)C1=O. The lowest BCUT2D eigenvalue weighted by atomic mass is 10.0. The largest absolute Gasteiger partial charge is 0.476 e. The third kappa shape index (κ3) is 4.02. The van der Waals surface area contributed by atoms with Gasteiger partial charge in [0.1, 0.15) is 11.6 Å². The summed E-state index contributed by atoms with van der Waals surface area (Å²) in [6, 6.07) is 9.91. The van der Waals surface area contributed by atoms with Gasteiger partial charge < -0.3 is 9.84 Å². The summed E-state index contributed by atoms with van der Waals surface area (Å²) in [5.74, 6) is -0.540. The number of benzene rings is 2. The van der Waals surface area contributed by atoms with Gasteiger partial charge in [0.25, 0.3) is 5.91 Å². The third-order valence-corrected chi connectivity index (χ3v) is 5.46. The Morgan fingerprint density at radius 3 is 2.38 bits per heavy atom. The molecule has 0 unspecified atom stereocenters. The van der Waals surface area contributed by atoms with E-state index in [2.05, 4.69) is 0 Å². The molecule has 2 aromatic rings. The van der Waals surface area contributed by atoms with Gasteiger partial charge in [-0.15, -0.1) is 0 Å². The predicted octanol–water partition coefficient (Wildman–Crippen LogP) is 3.10. The second-order valence-corrected chi connectivity index (χ2v) is 8.99. The van der Waals surface area contributed by atoms with Crippen LogP contribution >= 0.6 is 0 Å². The Morgan fingerprint density at radius 2 is 1.83 bits per heavy atom. The van der Waals surface area contributed by atoms with Crippen molar-refractivity contribution >= 4 is 33.4 Å². The number of fused-ring (bicyclic) bond motifs is 1. The molecule has 0 aromatic heterocycles. The van der Waals surface area contributed by atoms with Crippen molar-refractivity contribution < 1.29 is 32.2 Å². The number of carbonyl (C=O) groups excluding carboxylic acids is 1. The van der Waals surface area contributed by atoms with Gasteiger partial charge in [0.2, 0.25) is 10.0 Å². The lowest BCUT2D eigenvalue weighted by Gasteiger charge is -2.39. The monoisotopic (exact) mass is 422 g/mol. The van der Waals surface area contributed by atoms with Crippen LogP contribution < -0.4 is 9.64 Å². The molecule has 0 saturated heterocycles. The first-order chi connectivity index (χ1) is 13.4. The summed E-state index contributed by atoms with van der Waals surface area (Å²) in [7, 11) is -3.98. The smallest absolute Gasteiger partial charge is 0.421 e. The van der Waals surface area contributed by atoms with Gasteiger partial charge in [0.05, 0.1) is 18.5 Å². The first kappa shape index (κ1) is 20.6. The van der Waals surface area contributed by atoms with Crippen molar-refractivity contribution in [1.82, 2.24) is 4.31 Å². The van der Waals surface area contributed by atoms with E-state index in [-0.39, 0.29) is 11.7 Å². The Kier molecular flexibility index (Phi) is 4.99. The van der Waals surface area contributed by atoms with Crippen LogP contribution in [-0.2, 0) is 21.4 Å². The standard InChI is InChI=1S/C19H19FN2O6S/c1-19(2)17(23)22(14-7-5-13(20)6-8-14)15-9-4-12(10-16(15)28-19)11-21(18(24)25)29(3,26)27/h4-10H,11H2,1-3H3,(H,24,25). The molecule has 1 heterocycles. The van der Waals surface area contributed by atoms with Gasteiger partial charge in [-0.25, -0.2) is 21.9 Å². The van der Waals surface area contributed by atoms with Crippen LogP contribution in [0.1, 0.15) is 19.4 Å². The van der Waals surface area contributed by atoms with Crippen LogP contribution in [0, 0.1) is 5.82 Å². The first-order valence-electron chi connectivity index (χ1n) is 8.53. The van der Waals surface area contributed by atoms with E-state index >= 15 is 0 Å². The van der Waals surface area contributed by atoms with E-state index in [0.717, 1.165) is 6.26 Å². The van der Waals surface area contributed by atoms with Crippen molar-refractivity contribution in [1.29, 1.82) is 0 Å². The second-order valence-electron chi connectivity index (χ2n) is 7.08. The minimum Gasteiger partial charge on any atom is -0.476 e. The number of carboxylic acid groups (broad SMARTS) is 1. The average Bonchev–Trinajstić information content (AvgIpc) is 2.60. The molecule has 2 aromatic carbocycles. The number of rotatable bonds is 4. The Hall–Kier alpha value is -3.14. The number of hydrogen-bond acceptors (Lipinski definition) is 5. The number of nitrogens with zero attached hydrogens (tertiary/aromatic N) is 2. The maximum atomic E-state index is 13.3. The minimum atomic E-state index is -3.98. The van der Waals surface area contributed by atoms with Crippen LogP contribution in [0.3, 0.4) is 0 Å². The Labute approximate surface area is 167 Å².